The number of benzene rings is 1. The van der Waals surface area contributed by atoms with Gasteiger partial charge in [-0.3, -0.25) is 0 Å². The molecule has 4 heteroatoms. The van der Waals surface area contributed by atoms with Crippen molar-refractivity contribution in [2.24, 2.45) is 0 Å². The van der Waals surface area contributed by atoms with E-state index in [0.29, 0.717) is 5.02 Å². The van der Waals surface area contributed by atoms with Crippen molar-refractivity contribution in [1.29, 1.82) is 0 Å². The number of pyridine rings is 1. The van der Waals surface area contributed by atoms with Gasteiger partial charge in [0, 0.05) is 16.4 Å². The topological polar surface area (TPSA) is 24.9 Å². The first-order valence-corrected chi connectivity index (χ1v) is 6.38. The van der Waals surface area contributed by atoms with Gasteiger partial charge in [0.1, 0.15) is 5.82 Å². The summed E-state index contributed by atoms with van der Waals surface area (Å²) in [6.45, 7) is 4.13. The normalized spacial score (nSPS) is 10.4. The number of hydrogen-bond donors (Lipinski definition) is 1. The number of nitrogens with zero attached hydrogens (tertiary/aromatic N) is 1. The van der Waals surface area contributed by atoms with Gasteiger partial charge >= 0.3 is 0 Å². The molecule has 0 radical (unpaired) electrons. The number of rotatable bonds is 2. The molecule has 0 bridgehead atoms. The van der Waals surface area contributed by atoms with E-state index in [-0.39, 0.29) is 0 Å². The number of aromatic nitrogens is 1. The summed E-state index contributed by atoms with van der Waals surface area (Å²) >= 11 is 9.28. The standard InChI is InChI=1S/C13H12BrClN2/c1-8-5-10(14)6-9(2)13(8)17-12-4-3-11(15)7-16-12/h3-7H,1-2H3,(H,16,17). The summed E-state index contributed by atoms with van der Waals surface area (Å²) in [6.07, 6.45) is 1.63. The Balaban J connectivity index is 2.33. The van der Waals surface area contributed by atoms with Crippen molar-refractivity contribution in [1.82, 2.24) is 4.98 Å². The van der Waals surface area contributed by atoms with Crippen LogP contribution < -0.4 is 5.32 Å². The van der Waals surface area contributed by atoms with Gasteiger partial charge in [0.15, 0.2) is 0 Å². The molecule has 0 aliphatic heterocycles. The van der Waals surface area contributed by atoms with Crippen LogP contribution in [-0.4, -0.2) is 4.98 Å². The molecule has 1 aromatic carbocycles. The summed E-state index contributed by atoms with van der Waals surface area (Å²) in [5.41, 5.74) is 3.44. The molecule has 1 heterocycles. The molecule has 17 heavy (non-hydrogen) atoms. The fourth-order valence-electron chi connectivity index (χ4n) is 1.69. The first-order chi connectivity index (χ1) is 8.06. The van der Waals surface area contributed by atoms with Gasteiger partial charge in [0.25, 0.3) is 0 Å². The molecule has 2 nitrogen and oxygen atoms in total. The zero-order chi connectivity index (χ0) is 12.4. The van der Waals surface area contributed by atoms with Gasteiger partial charge in [0.05, 0.1) is 5.02 Å². The Bertz CT molecular complexity index is 515. The zero-order valence-electron chi connectivity index (χ0n) is 9.59. The van der Waals surface area contributed by atoms with Crippen LogP contribution in [-0.2, 0) is 0 Å². The first-order valence-electron chi connectivity index (χ1n) is 5.21. The minimum Gasteiger partial charge on any atom is -0.340 e. The van der Waals surface area contributed by atoms with Gasteiger partial charge in [-0.25, -0.2) is 4.98 Å². The second-order valence-corrected chi connectivity index (χ2v) is 5.25. The highest BCUT2D eigenvalue weighted by molar-refractivity contribution is 9.10. The van der Waals surface area contributed by atoms with E-state index in [1.54, 1.807) is 6.20 Å². The molecule has 1 N–H and O–H groups in total. The largest absolute Gasteiger partial charge is 0.340 e. The summed E-state index contributed by atoms with van der Waals surface area (Å²) in [5.74, 6) is 0.794. The molecule has 0 atom stereocenters. The molecule has 0 fully saturated rings. The third-order valence-electron chi connectivity index (χ3n) is 2.48. The fraction of sp³-hybridized carbons (Fsp3) is 0.154. The molecule has 0 saturated heterocycles. The molecule has 0 aliphatic carbocycles. The highest BCUT2D eigenvalue weighted by Gasteiger charge is 2.05. The number of halogens is 2. The maximum atomic E-state index is 5.80. The number of hydrogen-bond acceptors (Lipinski definition) is 2. The fourth-order valence-corrected chi connectivity index (χ4v) is 2.48. The Hall–Kier alpha value is -1.06. The summed E-state index contributed by atoms with van der Waals surface area (Å²) in [5, 5.41) is 3.94. The number of aryl methyl sites for hydroxylation is 2. The lowest BCUT2D eigenvalue weighted by molar-refractivity contribution is 1.27. The van der Waals surface area contributed by atoms with E-state index in [4.69, 9.17) is 11.6 Å². The summed E-state index contributed by atoms with van der Waals surface area (Å²) in [7, 11) is 0. The Kier molecular flexibility index (Phi) is 3.69. The molecule has 0 spiro atoms. The van der Waals surface area contributed by atoms with Gasteiger partial charge in [-0.2, -0.15) is 0 Å². The van der Waals surface area contributed by atoms with Crippen LogP contribution in [0.1, 0.15) is 11.1 Å². The van der Waals surface area contributed by atoms with Crippen LogP contribution in [0.2, 0.25) is 5.02 Å². The van der Waals surface area contributed by atoms with Crippen LogP contribution in [0.15, 0.2) is 34.9 Å². The Morgan fingerprint density at radius 2 is 1.82 bits per heavy atom. The smallest absolute Gasteiger partial charge is 0.130 e. The van der Waals surface area contributed by atoms with Gasteiger partial charge in [-0.1, -0.05) is 27.5 Å². The second kappa shape index (κ2) is 5.07. The number of nitrogens with one attached hydrogen (secondary N) is 1. The van der Waals surface area contributed by atoms with Crippen molar-refractivity contribution in [3.05, 3.63) is 51.1 Å². The van der Waals surface area contributed by atoms with Crippen LogP contribution in [0, 0.1) is 13.8 Å². The van der Waals surface area contributed by atoms with Crippen LogP contribution >= 0.6 is 27.5 Å². The average molecular weight is 312 g/mol. The minimum atomic E-state index is 0.639. The average Bonchev–Trinajstić information content (AvgIpc) is 2.26. The van der Waals surface area contributed by atoms with Crippen molar-refractivity contribution >= 4 is 39.0 Å². The van der Waals surface area contributed by atoms with E-state index in [1.165, 1.54) is 11.1 Å². The van der Waals surface area contributed by atoms with E-state index >= 15 is 0 Å². The van der Waals surface area contributed by atoms with Crippen LogP contribution in [0.5, 0.6) is 0 Å². The summed E-state index contributed by atoms with van der Waals surface area (Å²) < 4.78 is 1.09. The zero-order valence-corrected chi connectivity index (χ0v) is 11.9. The SMILES string of the molecule is Cc1cc(Br)cc(C)c1Nc1ccc(Cl)cn1. The van der Waals surface area contributed by atoms with Crippen LogP contribution in [0.4, 0.5) is 11.5 Å². The van der Waals surface area contributed by atoms with E-state index in [0.717, 1.165) is 16.0 Å². The predicted octanol–water partition coefficient (Wildman–Crippen LogP) is 4.86. The molecule has 0 saturated carbocycles. The van der Waals surface area contributed by atoms with Gasteiger partial charge in [-0.05, 0) is 49.2 Å². The molecule has 88 valence electrons. The third kappa shape index (κ3) is 2.99. The second-order valence-electron chi connectivity index (χ2n) is 3.90. The highest BCUT2D eigenvalue weighted by atomic mass is 79.9. The Morgan fingerprint density at radius 1 is 1.18 bits per heavy atom. The molecule has 0 unspecified atom stereocenters. The predicted molar refractivity (Wildman–Crippen MR) is 76.1 cm³/mol. The molecule has 1 aromatic heterocycles. The lowest BCUT2D eigenvalue weighted by Crippen LogP contribution is -1.98. The Morgan fingerprint density at radius 3 is 2.35 bits per heavy atom. The highest BCUT2D eigenvalue weighted by Crippen LogP contribution is 2.27. The van der Waals surface area contributed by atoms with Crippen molar-refractivity contribution in [2.45, 2.75) is 13.8 Å². The quantitative estimate of drug-likeness (QED) is 0.857. The van der Waals surface area contributed by atoms with Crippen LogP contribution in [0.3, 0.4) is 0 Å². The monoisotopic (exact) mass is 310 g/mol. The molecule has 0 aliphatic rings. The maximum Gasteiger partial charge on any atom is 0.130 e. The lowest BCUT2D eigenvalue weighted by atomic mass is 10.1. The lowest BCUT2D eigenvalue weighted by Gasteiger charge is -2.12. The minimum absolute atomic E-state index is 0.639. The van der Waals surface area contributed by atoms with E-state index < -0.39 is 0 Å². The summed E-state index contributed by atoms with van der Waals surface area (Å²) in [6, 6.07) is 7.83. The molecule has 2 aromatic rings. The first kappa shape index (κ1) is 12.4. The molecule has 2 rings (SSSR count). The molecular formula is C13H12BrClN2. The van der Waals surface area contributed by atoms with Crippen molar-refractivity contribution in [2.75, 3.05) is 5.32 Å². The summed E-state index contributed by atoms with van der Waals surface area (Å²) in [4.78, 5) is 4.22. The van der Waals surface area contributed by atoms with Gasteiger partial charge in [0.2, 0.25) is 0 Å². The number of anilines is 2. The van der Waals surface area contributed by atoms with Gasteiger partial charge in [-0.15, -0.1) is 0 Å². The van der Waals surface area contributed by atoms with Crippen molar-refractivity contribution < 1.29 is 0 Å². The van der Waals surface area contributed by atoms with Crippen molar-refractivity contribution in [3.63, 3.8) is 0 Å². The van der Waals surface area contributed by atoms with Crippen molar-refractivity contribution in [3.8, 4) is 0 Å². The van der Waals surface area contributed by atoms with E-state index in [1.807, 2.05) is 12.1 Å². The Labute approximate surface area is 114 Å². The maximum absolute atomic E-state index is 5.80. The van der Waals surface area contributed by atoms with E-state index in [9.17, 15) is 0 Å². The third-order valence-corrected chi connectivity index (χ3v) is 3.16. The van der Waals surface area contributed by atoms with E-state index in [2.05, 4.69) is 52.2 Å². The molecular weight excluding hydrogens is 300 g/mol. The van der Waals surface area contributed by atoms with Gasteiger partial charge < -0.3 is 5.32 Å². The molecule has 0 amide bonds. The van der Waals surface area contributed by atoms with Crippen LogP contribution in [0.25, 0.3) is 0 Å².